The van der Waals surface area contributed by atoms with E-state index in [1.807, 2.05) is 65.4 Å². The van der Waals surface area contributed by atoms with Crippen LogP contribution in [-0.4, -0.2) is 20.0 Å². The number of carbonyl (C=O) groups is 1. The number of rotatable bonds is 7. The van der Waals surface area contributed by atoms with Gasteiger partial charge in [0.25, 0.3) is 0 Å². The number of methoxy groups -OCH3 is 2. The van der Waals surface area contributed by atoms with E-state index in [1.54, 1.807) is 49.0 Å². The lowest BCUT2D eigenvalue weighted by Gasteiger charge is -2.09. The molecule has 2 heterocycles. The van der Waals surface area contributed by atoms with Crippen molar-refractivity contribution in [2.45, 2.75) is 14.9 Å². The monoisotopic (exact) mass is 464 g/mol. The summed E-state index contributed by atoms with van der Waals surface area (Å²) in [6.07, 6.45) is 3.36. The van der Waals surface area contributed by atoms with Gasteiger partial charge in [0.1, 0.15) is 11.5 Å². The molecule has 4 aromatic rings. The van der Waals surface area contributed by atoms with Gasteiger partial charge in [0.2, 0.25) is 0 Å². The lowest BCUT2D eigenvalue weighted by molar-refractivity contribution is 0.104. The van der Waals surface area contributed by atoms with Crippen LogP contribution >= 0.6 is 22.7 Å². The van der Waals surface area contributed by atoms with Crippen molar-refractivity contribution in [1.82, 2.24) is 0 Å². The molecule has 2 aromatic carbocycles. The Labute approximate surface area is 198 Å². The molecule has 0 saturated carbocycles. The predicted molar refractivity (Wildman–Crippen MR) is 139 cm³/mol. The molecular formula is C27H28O3S2. The predicted octanol–water partition coefficient (Wildman–Crippen LogP) is 8.33. The second kappa shape index (κ2) is 11.5. The SMILES string of the molecule is C.C.COc1ccc(-c2cccs2)cc1/C=C/C(=O)c1ccc(-c2cccs2)cc1OC. The van der Waals surface area contributed by atoms with Crippen molar-refractivity contribution in [3.63, 3.8) is 0 Å². The third-order valence-electron chi connectivity index (χ3n) is 4.72. The summed E-state index contributed by atoms with van der Waals surface area (Å²) in [5.74, 6) is 1.17. The van der Waals surface area contributed by atoms with Gasteiger partial charge in [-0.1, -0.05) is 33.1 Å². The number of allylic oxidation sites excluding steroid dienone is 1. The Morgan fingerprint density at radius 3 is 1.94 bits per heavy atom. The van der Waals surface area contributed by atoms with Gasteiger partial charge in [-0.3, -0.25) is 4.79 Å². The lowest BCUT2D eigenvalue weighted by Crippen LogP contribution is -1.99. The molecule has 32 heavy (non-hydrogen) atoms. The topological polar surface area (TPSA) is 35.5 Å². The third kappa shape index (κ3) is 5.36. The van der Waals surface area contributed by atoms with Gasteiger partial charge in [0.15, 0.2) is 5.78 Å². The van der Waals surface area contributed by atoms with E-state index >= 15 is 0 Å². The van der Waals surface area contributed by atoms with E-state index in [4.69, 9.17) is 9.47 Å². The molecular weight excluding hydrogens is 436 g/mol. The molecule has 0 bridgehead atoms. The summed E-state index contributed by atoms with van der Waals surface area (Å²) >= 11 is 3.33. The zero-order valence-corrected chi connectivity index (χ0v) is 18.3. The van der Waals surface area contributed by atoms with Crippen LogP contribution in [0.4, 0.5) is 0 Å². The molecule has 166 valence electrons. The largest absolute Gasteiger partial charge is 0.496 e. The van der Waals surface area contributed by atoms with E-state index < -0.39 is 0 Å². The Balaban J connectivity index is 0.00000181. The Morgan fingerprint density at radius 2 is 1.38 bits per heavy atom. The van der Waals surface area contributed by atoms with Gasteiger partial charge in [-0.2, -0.15) is 0 Å². The summed E-state index contributed by atoms with van der Waals surface area (Å²) in [6.45, 7) is 0. The smallest absolute Gasteiger partial charge is 0.189 e. The first-order chi connectivity index (χ1) is 14.7. The van der Waals surface area contributed by atoms with Crippen molar-refractivity contribution in [3.05, 3.63) is 88.6 Å². The summed E-state index contributed by atoms with van der Waals surface area (Å²) in [6, 6.07) is 19.8. The van der Waals surface area contributed by atoms with Gasteiger partial charge in [-0.25, -0.2) is 0 Å². The number of thiophene rings is 2. The molecule has 0 saturated heterocycles. The average Bonchev–Trinajstić information content (AvgIpc) is 3.51. The van der Waals surface area contributed by atoms with Crippen LogP contribution in [0, 0.1) is 0 Å². The van der Waals surface area contributed by atoms with Gasteiger partial charge in [-0.15, -0.1) is 22.7 Å². The summed E-state index contributed by atoms with van der Waals surface area (Å²) in [7, 11) is 3.22. The van der Waals surface area contributed by atoms with Crippen molar-refractivity contribution >= 4 is 34.5 Å². The van der Waals surface area contributed by atoms with Crippen molar-refractivity contribution in [2.24, 2.45) is 0 Å². The zero-order valence-electron chi connectivity index (χ0n) is 16.6. The summed E-state index contributed by atoms with van der Waals surface area (Å²) in [5, 5.41) is 4.08. The van der Waals surface area contributed by atoms with E-state index in [-0.39, 0.29) is 20.6 Å². The van der Waals surface area contributed by atoms with Crippen LogP contribution in [-0.2, 0) is 0 Å². The van der Waals surface area contributed by atoms with Crippen LogP contribution in [0.15, 0.2) is 77.5 Å². The normalized spacial score (nSPS) is 10.3. The number of ketones is 1. The molecule has 0 N–H and O–H groups in total. The van der Waals surface area contributed by atoms with Crippen molar-refractivity contribution < 1.29 is 14.3 Å². The average molecular weight is 465 g/mol. The van der Waals surface area contributed by atoms with Gasteiger partial charge in [0, 0.05) is 15.3 Å². The quantitative estimate of drug-likeness (QED) is 0.204. The van der Waals surface area contributed by atoms with E-state index in [0.29, 0.717) is 11.3 Å². The van der Waals surface area contributed by atoms with Crippen molar-refractivity contribution in [3.8, 4) is 32.4 Å². The highest BCUT2D eigenvalue weighted by atomic mass is 32.1. The maximum Gasteiger partial charge on any atom is 0.189 e. The molecule has 0 unspecified atom stereocenters. The molecule has 0 aliphatic rings. The minimum absolute atomic E-state index is 0. The van der Waals surface area contributed by atoms with Crippen LogP contribution in [0.3, 0.4) is 0 Å². The molecule has 0 radical (unpaired) electrons. The number of hydrogen-bond acceptors (Lipinski definition) is 5. The van der Waals surface area contributed by atoms with Crippen LogP contribution in [0.5, 0.6) is 11.5 Å². The molecule has 0 fully saturated rings. The fourth-order valence-corrected chi connectivity index (χ4v) is 4.65. The minimum atomic E-state index is -0.117. The first-order valence-corrected chi connectivity index (χ1v) is 11.1. The maximum atomic E-state index is 12.9. The minimum Gasteiger partial charge on any atom is -0.496 e. The fourth-order valence-electron chi connectivity index (χ4n) is 3.21. The molecule has 3 nitrogen and oxygen atoms in total. The Morgan fingerprint density at radius 1 is 0.781 bits per heavy atom. The fraction of sp³-hybridized carbons (Fsp3) is 0.148. The highest BCUT2D eigenvalue weighted by molar-refractivity contribution is 7.13. The van der Waals surface area contributed by atoms with E-state index in [2.05, 4.69) is 6.07 Å². The summed E-state index contributed by atoms with van der Waals surface area (Å²) < 4.78 is 11.0. The molecule has 5 heteroatoms. The number of hydrogen-bond donors (Lipinski definition) is 0. The lowest BCUT2D eigenvalue weighted by atomic mass is 10.0. The summed E-state index contributed by atoms with van der Waals surface area (Å²) in [5.41, 5.74) is 3.51. The second-order valence-electron chi connectivity index (χ2n) is 6.52. The molecule has 0 aliphatic carbocycles. The molecule has 2 aromatic heterocycles. The Kier molecular flexibility index (Phi) is 9.00. The molecule has 4 rings (SSSR count). The highest BCUT2D eigenvalue weighted by Crippen LogP contribution is 2.32. The number of carbonyl (C=O) groups excluding carboxylic acids is 1. The number of ether oxygens (including phenoxy) is 2. The van der Waals surface area contributed by atoms with E-state index in [1.165, 1.54) is 4.88 Å². The van der Waals surface area contributed by atoms with Gasteiger partial charge in [0.05, 0.1) is 19.8 Å². The summed E-state index contributed by atoms with van der Waals surface area (Å²) in [4.78, 5) is 15.2. The zero-order chi connectivity index (χ0) is 20.9. The maximum absolute atomic E-state index is 12.9. The van der Waals surface area contributed by atoms with Crippen LogP contribution in [0.1, 0.15) is 30.8 Å². The first kappa shape index (κ1) is 25.1. The van der Waals surface area contributed by atoms with Crippen LogP contribution in [0.2, 0.25) is 0 Å². The van der Waals surface area contributed by atoms with E-state index in [0.717, 1.165) is 27.3 Å². The Hall–Kier alpha value is -3.15. The van der Waals surface area contributed by atoms with E-state index in [9.17, 15) is 4.79 Å². The standard InChI is InChI=1S/C25H20O3S2.2CH4/c1-27-22-12-9-18(24-5-3-13-29-24)15-17(22)8-11-21(26)20-10-7-19(16-23(20)28-2)25-6-4-14-30-25;;/h3-16H,1-2H3;2*1H4/b11-8+;;. The number of benzene rings is 2. The first-order valence-electron chi connectivity index (χ1n) is 9.36. The van der Waals surface area contributed by atoms with Gasteiger partial charge < -0.3 is 9.47 Å². The Bertz CT molecular complexity index is 1170. The van der Waals surface area contributed by atoms with Crippen molar-refractivity contribution in [1.29, 1.82) is 0 Å². The van der Waals surface area contributed by atoms with Crippen molar-refractivity contribution in [2.75, 3.05) is 14.2 Å². The second-order valence-corrected chi connectivity index (χ2v) is 8.42. The third-order valence-corrected chi connectivity index (χ3v) is 6.56. The molecule has 0 atom stereocenters. The van der Waals surface area contributed by atoms with Gasteiger partial charge >= 0.3 is 0 Å². The molecule has 0 aliphatic heterocycles. The van der Waals surface area contributed by atoms with Gasteiger partial charge in [-0.05, 0) is 76.5 Å². The van der Waals surface area contributed by atoms with Crippen LogP contribution in [0.25, 0.3) is 27.0 Å². The molecule has 0 amide bonds. The highest BCUT2D eigenvalue weighted by Gasteiger charge is 2.12. The van der Waals surface area contributed by atoms with Crippen LogP contribution < -0.4 is 9.47 Å². The molecule has 0 spiro atoms.